The number of nitrogens with one attached hydrogen (secondary N) is 1. The van der Waals surface area contributed by atoms with Crippen LogP contribution in [0.15, 0.2) is 47.4 Å². The summed E-state index contributed by atoms with van der Waals surface area (Å²) in [6.07, 6.45) is 3.18. The summed E-state index contributed by atoms with van der Waals surface area (Å²) in [6, 6.07) is 12.0. The quantitative estimate of drug-likeness (QED) is 0.642. The minimum atomic E-state index is -3.60. The van der Waals surface area contributed by atoms with Crippen molar-refractivity contribution in [2.45, 2.75) is 30.6 Å². The van der Waals surface area contributed by atoms with Crippen LogP contribution in [0.25, 0.3) is 0 Å². The largest absolute Gasteiger partial charge is 0.496 e. The molecule has 3 rings (SSSR count). The van der Waals surface area contributed by atoms with Crippen molar-refractivity contribution in [3.8, 4) is 5.75 Å². The highest BCUT2D eigenvalue weighted by molar-refractivity contribution is 7.89. The normalized spacial score (nSPS) is 14.7. The fourth-order valence-corrected chi connectivity index (χ4v) is 5.15. The molecule has 0 saturated carbocycles. The number of hydrogen-bond acceptors (Lipinski definition) is 4. The molecule has 29 heavy (non-hydrogen) atoms. The van der Waals surface area contributed by atoms with E-state index in [1.807, 2.05) is 24.3 Å². The number of rotatable bonds is 8. The summed E-state index contributed by atoms with van der Waals surface area (Å²) in [7, 11) is -1.97. The summed E-state index contributed by atoms with van der Waals surface area (Å²) < 4.78 is 32.3. The second-order valence-electron chi connectivity index (χ2n) is 6.92. The monoisotopic (exact) mass is 436 g/mol. The molecule has 0 aromatic heterocycles. The van der Waals surface area contributed by atoms with Crippen molar-refractivity contribution in [2.24, 2.45) is 0 Å². The first-order chi connectivity index (χ1) is 13.9. The fraction of sp³-hybridized carbons (Fsp3) is 0.381. The average Bonchev–Trinajstić information content (AvgIpc) is 3.27. The number of para-hydroxylation sites is 1. The summed E-state index contributed by atoms with van der Waals surface area (Å²) in [6.45, 7) is 1.46. The van der Waals surface area contributed by atoms with Crippen LogP contribution >= 0.6 is 11.6 Å². The van der Waals surface area contributed by atoms with Crippen molar-refractivity contribution < 1.29 is 17.9 Å². The van der Waals surface area contributed by atoms with Gasteiger partial charge >= 0.3 is 0 Å². The van der Waals surface area contributed by atoms with Crippen molar-refractivity contribution in [3.05, 3.63) is 58.6 Å². The fourth-order valence-electron chi connectivity index (χ4n) is 3.40. The zero-order chi connectivity index (χ0) is 20.9. The van der Waals surface area contributed by atoms with Crippen LogP contribution in [0.4, 0.5) is 0 Å². The van der Waals surface area contributed by atoms with E-state index < -0.39 is 10.0 Å². The van der Waals surface area contributed by atoms with E-state index in [2.05, 4.69) is 5.32 Å². The van der Waals surface area contributed by atoms with Gasteiger partial charge in [-0.15, -0.1) is 0 Å². The van der Waals surface area contributed by atoms with Crippen molar-refractivity contribution in [1.29, 1.82) is 0 Å². The molecule has 1 fully saturated rings. The molecule has 1 aliphatic rings. The van der Waals surface area contributed by atoms with E-state index in [0.29, 0.717) is 19.6 Å². The number of halogens is 1. The average molecular weight is 437 g/mol. The molecule has 2 aromatic rings. The van der Waals surface area contributed by atoms with Gasteiger partial charge in [0.1, 0.15) is 5.75 Å². The zero-order valence-corrected chi connectivity index (χ0v) is 17.9. The summed E-state index contributed by atoms with van der Waals surface area (Å²) in [5.74, 6) is 0.440. The maximum Gasteiger partial charge on any atom is 0.252 e. The Balaban J connectivity index is 1.63. The smallest absolute Gasteiger partial charge is 0.252 e. The minimum Gasteiger partial charge on any atom is -0.496 e. The Kier molecular flexibility index (Phi) is 7.16. The lowest BCUT2D eigenvalue weighted by atomic mass is 10.1. The maximum absolute atomic E-state index is 12.7. The van der Waals surface area contributed by atoms with E-state index in [1.54, 1.807) is 7.11 Å². The number of benzene rings is 2. The molecular formula is C21H25ClN2O4S. The predicted molar refractivity (Wildman–Crippen MR) is 113 cm³/mol. The molecule has 156 valence electrons. The molecule has 0 unspecified atom stereocenters. The van der Waals surface area contributed by atoms with Crippen LogP contribution in [-0.4, -0.2) is 45.4 Å². The van der Waals surface area contributed by atoms with E-state index in [1.165, 1.54) is 22.5 Å². The highest BCUT2D eigenvalue weighted by atomic mass is 35.5. The van der Waals surface area contributed by atoms with Crippen LogP contribution in [-0.2, 0) is 16.4 Å². The molecule has 8 heteroatoms. The van der Waals surface area contributed by atoms with E-state index in [-0.39, 0.29) is 21.4 Å². The van der Waals surface area contributed by atoms with Gasteiger partial charge < -0.3 is 10.1 Å². The number of carbonyl (C=O) groups is 1. The van der Waals surface area contributed by atoms with E-state index in [0.717, 1.165) is 37.0 Å². The Morgan fingerprint density at radius 1 is 1.17 bits per heavy atom. The highest BCUT2D eigenvalue weighted by Gasteiger charge is 2.28. The van der Waals surface area contributed by atoms with Crippen molar-refractivity contribution in [1.82, 2.24) is 9.62 Å². The molecule has 1 saturated heterocycles. The molecule has 1 heterocycles. The SMILES string of the molecule is COc1ccccc1CCCNC(=O)c1cc(S(=O)(=O)N2CCCC2)ccc1Cl. The van der Waals surface area contributed by atoms with Gasteiger partial charge in [0.2, 0.25) is 10.0 Å². The van der Waals surface area contributed by atoms with E-state index >= 15 is 0 Å². The van der Waals surface area contributed by atoms with Gasteiger partial charge in [-0.2, -0.15) is 4.31 Å². The number of amides is 1. The highest BCUT2D eigenvalue weighted by Crippen LogP contribution is 2.25. The van der Waals surface area contributed by atoms with Crippen LogP contribution in [0.5, 0.6) is 5.75 Å². The molecular weight excluding hydrogens is 412 g/mol. The molecule has 0 aliphatic carbocycles. The van der Waals surface area contributed by atoms with Gasteiger partial charge in [-0.1, -0.05) is 29.8 Å². The van der Waals surface area contributed by atoms with Crippen molar-refractivity contribution in [3.63, 3.8) is 0 Å². The molecule has 0 spiro atoms. The summed E-state index contributed by atoms with van der Waals surface area (Å²) >= 11 is 6.16. The molecule has 1 amide bonds. The standard InChI is InChI=1S/C21H25ClN2O4S/c1-28-20-9-3-2-7-16(20)8-6-12-23-21(25)18-15-17(10-11-19(18)22)29(26,27)24-13-4-5-14-24/h2-3,7,9-11,15H,4-6,8,12-14H2,1H3,(H,23,25). The van der Waals surface area contributed by atoms with Gasteiger partial charge in [0.15, 0.2) is 0 Å². The molecule has 6 nitrogen and oxygen atoms in total. The van der Waals surface area contributed by atoms with Crippen LogP contribution in [0.2, 0.25) is 5.02 Å². The molecule has 0 atom stereocenters. The van der Waals surface area contributed by atoms with E-state index in [9.17, 15) is 13.2 Å². The lowest BCUT2D eigenvalue weighted by Gasteiger charge is -2.16. The Morgan fingerprint density at radius 3 is 2.62 bits per heavy atom. The predicted octanol–water partition coefficient (Wildman–Crippen LogP) is 3.50. The Morgan fingerprint density at radius 2 is 1.90 bits per heavy atom. The molecule has 1 N–H and O–H groups in total. The number of ether oxygens (including phenoxy) is 1. The second kappa shape index (κ2) is 9.61. The van der Waals surface area contributed by atoms with Gasteiger partial charge in [0.05, 0.1) is 22.6 Å². The van der Waals surface area contributed by atoms with Crippen molar-refractivity contribution in [2.75, 3.05) is 26.7 Å². The number of aryl methyl sites for hydroxylation is 1. The molecule has 1 aliphatic heterocycles. The van der Waals surface area contributed by atoms with Crippen LogP contribution < -0.4 is 10.1 Å². The topological polar surface area (TPSA) is 75.7 Å². The maximum atomic E-state index is 12.7. The number of nitrogens with zero attached hydrogens (tertiary/aromatic N) is 1. The number of sulfonamides is 1. The number of carbonyl (C=O) groups excluding carboxylic acids is 1. The zero-order valence-electron chi connectivity index (χ0n) is 16.4. The van der Waals surface area contributed by atoms with Gasteiger partial charge in [0, 0.05) is 19.6 Å². The first-order valence-electron chi connectivity index (χ1n) is 9.63. The number of hydrogen-bond donors (Lipinski definition) is 1. The third kappa shape index (κ3) is 5.10. The molecule has 0 radical (unpaired) electrons. The third-order valence-electron chi connectivity index (χ3n) is 4.99. The summed E-state index contributed by atoms with van der Waals surface area (Å²) in [5.41, 5.74) is 1.24. The van der Waals surface area contributed by atoms with Gasteiger partial charge in [-0.3, -0.25) is 4.79 Å². The lowest BCUT2D eigenvalue weighted by molar-refractivity contribution is 0.0953. The van der Waals surface area contributed by atoms with Crippen LogP contribution in [0, 0.1) is 0 Å². The number of methoxy groups -OCH3 is 1. The Bertz CT molecular complexity index is 972. The minimum absolute atomic E-state index is 0.1000. The van der Waals surface area contributed by atoms with Crippen LogP contribution in [0.3, 0.4) is 0 Å². The molecule has 2 aromatic carbocycles. The van der Waals surface area contributed by atoms with E-state index in [4.69, 9.17) is 16.3 Å². The molecule has 0 bridgehead atoms. The Hall–Kier alpha value is -2.09. The summed E-state index contributed by atoms with van der Waals surface area (Å²) in [4.78, 5) is 12.7. The van der Waals surface area contributed by atoms with Crippen LogP contribution in [0.1, 0.15) is 35.2 Å². The first-order valence-corrected chi connectivity index (χ1v) is 11.4. The third-order valence-corrected chi connectivity index (χ3v) is 7.21. The first kappa shape index (κ1) is 21.6. The second-order valence-corrected chi connectivity index (χ2v) is 9.27. The van der Waals surface area contributed by atoms with Crippen molar-refractivity contribution >= 4 is 27.5 Å². The van der Waals surface area contributed by atoms with Gasteiger partial charge in [-0.05, 0) is 55.5 Å². The van der Waals surface area contributed by atoms with Gasteiger partial charge in [-0.25, -0.2) is 8.42 Å². The Labute approximate surface area is 176 Å². The lowest BCUT2D eigenvalue weighted by Crippen LogP contribution is -2.29. The van der Waals surface area contributed by atoms with Gasteiger partial charge in [0.25, 0.3) is 5.91 Å². The summed E-state index contributed by atoms with van der Waals surface area (Å²) in [5, 5.41) is 3.05.